The van der Waals surface area contributed by atoms with Crippen LogP contribution in [0, 0.1) is 6.92 Å². The van der Waals surface area contributed by atoms with Crippen LogP contribution in [0.2, 0.25) is 0 Å². The standard InChI is InChI=1S/C52H43NS/c1-30-24-27-40-37(28-30)32-16-10-14-22-41(32)53(31-25-26-34-33-17-11-15-23-42(33)54-43(34)29-31)49-47-44(35-18-8-12-20-38(35)51(47,5)6)46(50(2,3)4)45-36-19-9-13-21-39(36)52(40,7)48(45)49/h8-29H,1-7H3. The van der Waals surface area contributed by atoms with E-state index in [1.54, 1.807) is 0 Å². The smallest absolute Gasteiger partial charge is 0.0559 e. The Morgan fingerprint density at radius 1 is 0.537 bits per heavy atom. The number of aryl methyl sites for hydroxylation is 1. The highest BCUT2D eigenvalue weighted by atomic mass is 32.1. The van der Waals surface area contributed by atoms with Gasteiger partial charge in [-0.05, 0) is 105 Å². The molecule has 3 aliphatic rings. The first-order chi connectivity index (χ1) is 26.0. The maximum Gasteiger partial charge on any atom is 0.0559 e. The van der Waals surface area contributed by atoms with E-state index in [0.717, 1.165) is 0 Å². The number of anilines is 3. The second-order valence-corrected chi connectivity index (χ2v) is 18.6. The quantitative estimate of drug-likeness (QED) is 0.164. The average molecular weight is 714 g/mol. The lowest BCUT2D eigenvalue weighted by Crippen LogP contribution is -2.31. The molecule has 0 saturated heterocycles. The maximum absolute atomic E-state index is 2.69. The molecule has 54 heavy (non-hydrogen) atoms. The molecule has 1 atom stereocenters. The zero-order chi connectivity index (χ0) is 36.9. The molecule has 2 aliphatic carbocycles. The molecule has 1 aromatic heterocycles. The minimum atomic E-state index is -0.419. The fraction of sp³-hybridized carbons (Fsp3) is 0.192. The molecule has 1 nitrogen and oxygen atoms in total. The van der Waals surface area contributed by atoms with Gasteiger partial charge in [-0.1, -0.05) is 149 Å². The Kier molecular flexibility index (Phi) is 6.30. The van der Waals surface area contributed by atoms with Crippen molar-refractivity contribution in [2.24, 2.45) is 0 Å². The Morgan fingerprint density at radius 3 is 1.93 bits per heavy atom. The molecule has 2 heteroatoms. The monoisotopic (exact) mass is 713 g/mol. The first-order valence-electron chi connectivity index (χ1n) is 19.4. The highest BCUT2D eigenvalue weighted by Crippen LogP contribution is 2.68. The van der Waals surface area contributed by atoms with Crippen LogP contribution in [0.4, 0.5) is 17.1 Å². The predicted molar refractivity (Wildman–Crippen MR) is 231 cm³/mol. The highest BCUT2D eigenvalue weighted by Gasteiger charge is 2.53. The highest BCUT2D eigenvalue weighted by molar-refractivity contribution is 7.25. The second kappa shape index (κ2) is 10.6. The largest absolute Gasteiger partial charge is 0.309 e. The van der Waals surface area contributed by atoms with Gasteiger partial charge in [0.25, 0.3) is 0 Å². The number of hydrogen-bond donors (Lipinski definition) is 0. The lowest BCUT2D eigenvalue weighted by atomic mass is 9.66. The Hall–Kier alpha value is -5.44. The predicted octanol–water partition coefficient (Wildman–Crippen LogP) is 14.8. The third-order valence-electron chi connectivity index (χ3n) is 12.9. The zero-order valence-electron chi connectivity index (χ0n) is 32.1. The van der Waals surface area contributed by atoms with Crippen LogP contribution < -0.4 is 4.90 Å². The first kappa shape index (κ1) is 32.0. The van der Waals surface area contributed by atoms with Gasteiger partial charge in [-0.25, -0.2) is 0 Å². The van der Waals surface area contributed by atoms with E-state index in [2.05, 4.69) is 187 Å². The van der Waals surface area contributed by atoms with Gasteiger partial charge >= 0.3 is 0 Å². The van der Waals surface area contributed by atoms with Gasteiger partial charge in [0.2, 0.25) is 0 Å². The maximum atomic E-state index is 2.69. The van der Waals surface area contributed by atoms with Crippen LogP contribution in [0.5, 0.6) is 0 Å². The van der Waals surface area contributed by atoms with Crippen LogP contribution in [0.3, 0.4) is 0 Å². The summed E-state index contributed by atoms with van der Waals surface area (Å²) in [6.45, 7) is 17.0. The molecule has 7 aromatic carbocycles. The molecule has 1 unspecified atom stereocenters. The van der Waals surface area contributed by atoms with Gasteiger partial charge in [0.05, 0.1) is 11.4 Å². The van der Waals surface area contributed by atoms with Crippen molar-refractivity contribution in [1.82, 2.24) is 0 Å². The molecule has 262 valence electrons. The number of para-hydroxylation sites is 1. The fourth-order valence-electron chi connectivity index (χ4n) is 10.7. The summed E-state index contributed by atoms with van der Waals surface area (Å²) in [5, 5.41) is 2.65. The number of benzene rings is 7. The Labute approximate surface area is 322 Å². The van der Waals surface area contributed by atoms with Gasteiger partial charge in [0, 0.05) is 42.3 Å². The minimum Gasteiger partial charge on any atom is -0.309 e. The number of fused-ring (bicyclic) bond motifs is 14. The molecule has 1 aliphatic heterocycles. The van der Waals surface area contributed by atoms with Crippen molar-refractivity contribution in [3.63, 3.8) is 0 Å². The normalized spacial score (nSPS) is 17.4. The SMILES string of the molecule is Cc1ccc2c(c1)-c1ccccc1N(c1ccc3c(c1)sc1ccccc13)c1c3c(c(C(C)(C)C)c4c1C2(C)c1ccccc1-4)-c1ccccc1C3(C)C. The fourth-order valence-corrected chi connectivity index (χ4v) is 11.9. The van der Waals surface area contributed by atoms with E-state index in [1.165, 1.54) is 110 Å². The molecule has 0 radical (unpaired) electrons. The van der Waals surface area contributed by atoms with E-state index in [4.69, 9.17) is 0 Å². The number of rotatable bonds is 1. The summed E-state index contributed by atoms with van der Waals surface area (Å²) in [6.07, 6.45) is 0. The number of hydrogen-bond acceptors (Lipinski definition) is 2. The molecule has 0 saturated carbocycles. The molecule has 0 N–H and O–H groups in total. The van der Waals surface area contributed by atoms with Crippen molar-refractivity contribution in [3.8, 4) is 33.4 Å². The number of nitrogens with zero attached hydrogens (tertiary/aromatic N) is 1. The van der Waals surface area contributed by atoms with Crippen molar-refractivity contribution in [2.45, 2.75) is 64.7 Å². The van der Waals surface area contributed by atoms with Crippen molar-refractivity contribution in [1.29, 1.82) is 0 Å². The molecule has 0 spiro atoms. The zero-order valence-corrected chi connectivity index (χ0v) is 32.9. The molecule has 11 rings (SSSR count). The summed E-state index contributed by atoms with van der Waals surface area (Å²) in [5.74, 6) is 0. The van der Waals surface area contributed by atoms with E-state index >= 15 is 0 Å². The molecule has 0 bridgehead atoms. The van der Waals surface area contributed by atoms with Crippen molar-refractivity contribution < 1.29 is 0 Å². The van der Waals surface area contributed by atoms with E-state index in [1.807, 2.05) is 11.3 Å². The van der Waals surface area contributed by atoms with Crippen LogP contribution in [0.1, 0.15) is 80.5 Å². The molecular formula is C52H43NS. The van der Waals surface area contributed by atoms with Gasteiger partial charge in [-0.2, -0.15) is 0 Å². The summed E-state index contributed by atoms with van der Waals surface area (Å²) in [6, 6.07) is 51.1. The van der Waals surface area contributed by atoms with Gasteiger partial charge in [-0.15, -0.1) is 11.3 Å². The topological polar surface area (TPSA) is 3.24 Å². The third-order valence-corrected chi connectivity index (χ3v) is 14.1. The van der Waals surface area contributed by atoms with Crippen LogP contribution >= 0.6 is 11.3 Å². The number of thiophene rings is 1. The Bertz CT molecular complexity index is 2930. The Morgan fingerprint density at radius 2 is 1.15 bits per heavy atom. The van der Waals surface area contributed by atoms with Gasteiger partial charge in [0.15, 0.2) is 0 Å². The summed E-state index contributed by atoms with van der Waals surface area (Å²) in [5.41, 5.74) is 20.9. The molecule has 8 aromatic rings. The van der Waals surface area contributed by atoms with Crippen LogP contribution in [-0.2, 0) is 16.2 Å². The van der Waals surface area contributed by atoms with Crippen LogP contribution in [-0.4, -0.2) is 0 Å². The minimum absolute atomic E-state index is 0.127. The van der Waals surface area contributed by atoms with Gasteiger partial charge < -0.3 is 4.90 Å². The Balaban J connectivity index is 1.41. The summed E-state index contributed by atoms with van der Waals surface area (Å²) >= 11 is 1.90. The first-order valence-corrected chi connectivity index (χ1v) is 20.2. The lowest BCUT2D eigenvalue weighted by molar-refractivity contribution is 0.589. The van der Waals surface area contributed by atoms with E-state index < -0.39 is 5.41 Å². The summed E-state index contributed by atoms with van der Waals surface area (Å²) in [7, 11) is 0. The van der Waals surface area contributed by atoms with E-state index in [9.17, 15) is 0 Å². The summed E-state index contributed by atoms with van der Waals surface area (Å²) in [4.78, 5) is 2.69. The molecule has 0 amide bonds. The summed E-state index contributed by atoms with van der Waals surface area (Å²) < 4.78 is 2.65. The average Bonchev–Trinajstić information content (AvgIpc) is 3.74. The van der Waals surface area contributed by atoms with E-state index in [0.29, 0.717) is 0 Å². The van der Waals surface area contributed by atoms with Crippen LogP contribution in [0.15, 0.2) is 133 Å². The molecule has 2 heterocycles. The van der Waals surface area contributed by atoms with Gasteiger partial charge in [-0.3, -0.25) is 0 Å². The third kappa shape index (κ3) is 3.94. The molecule has 0 fully saturated rings. The van der Waals surface area contributed by atoms with Gasteiger partial charge in [0.1, 0.15) is 0 Å². The lowest BCUT2D eigenvalue weighted by Gasteiger charge is -2.43. The van der Waals surface area contributed by atoms with Crippen molar-refractivity contribution in [2.75, 3.05) is 4.90 Å². The van der Waals surface area contributed by atoms with Crippen LogP contribution in [0.25, 0.3) is 53.6 Å². The van der Waals surface area contributed by atoms with Crippen molar-refractivity contribution in [3.05, 3.63) is 172 Å². The second-order valence-electron chi connectivity index (χ2n) is 17.5. The molecular weight excluding hydrogens is 671 g/mol. The van der Waals surface area contributed by atoms with E-state index in [-0.39, 0.29) is 10.8 Å². The van der Waals surface area contributed by atoms with Crippen molar-refractivity contribution >= 4 is 48.6 Å².